The Hall–Kier alpha value is -1.24. The van der Waals surface area contributed by atoms with Gasteiger partial charge in [-0.25, -0.2) is 0 Å². The van der Waals surface area contributed by atoms with E-state index in [1.165, 1.54) is 0 Å². The highest BCUT2D eigenvalue weighted by Gasteiger charge is 2.40. The molecule has 86 valence electrons. The molecule has 0 aromatic carbocycles. The highest BCUT2D eigenvalue weighted by Crippen LogP contribution is 2.17. The van der Waals surface area contributed by atoms with Gasteiger partial charge >= 0.3 is 11.9 Å². The summed E-state index contributed by atoms with van der Waals surface area (Å²) in [6.45, 7) is 0.322. The van der Waals surface area contributed by atoms with Gasteiger partial charge in [-0.15, -0.1) is 0 Å². The number of carboxylic acids is 1. The van der Waals surface area contributed by atoms with Crippen LogP contribution in [0.4, 0.5) is 8.78 Å². The normalized spacial score (nSPS) is 26.3. The summed E-state index contributed by atoms with van der Waals surface area (Å²) in [6, 6.07) is -0.888. The predicted octanol–water partition coefficient (Wildman–Crippen LogP) is -0.143. The molecule has 2 atom stereocenters. The van der Waals surface area contributed by atoms with Crippen molar-refractivity contribution in [1.29, 1.82) is 0 Å². The number of rotatable bonds is 3. The standard InChI is InChI=1S/C8H11F2NO4/c1-8(9,10)7(14)11-5-3-15-2-4(5)6(12)13/h4-5H,2-3H2,1H3,(H,11,14)(H,12,13). The quantitative estimate of drug-likeness (QED) is 0.698. The molecule has 0 saturated carbocycles. The first-order valence-electron chi connectivity index (χ1n) is 4.31. The van der Waals surface area contributed by atoms with E-state index in [1.807, 2.05) is 5.32 Å². The Labute approximate surface area is 84.4 Å². The Balaban J connectivity index is 2.58. The Kier molecular flexibility index (Phi) is 3.23. The van der Waals surface area contributed by atoms with Gasteiger partial charge in [-0.1, -0.05) is 0 Å². The van der Waals surface area contributed by atoms with Gasteiger partial charge in [0.05, 0.1) is 19.3 Å². The summed E-state index contributed by atoms with van der Waals surface area (Å²) in [7, 11) is 0. The summed E-state index contributed by atoms with van der Waals surface area (Å²) >= 11 is 0. The van der Waals surface area contributed by atoms with Gasteiger partial charge < -0.3 is 15.2 Å². The fourth-order valence-corrected chi connectivity index (χ4v) is 1.24. The second kappa shape index (κ2) is 4.09. The fourth-order valence-electron chi connectivity index (χ4n) is 1.24. The number of nitrogens with one attached hydrogen (secondary N) is 1. The molecule has 1 amide bonds. The van der Waals surface area contributed by atoms with Crippen molar-refractivity contribution in [2.45, 2.75) is 18.9 Å². The zero-order valence-corrected chi connectivity index (χ0v) is 8.00. The van der Waals surface area contributed by atoms with Crippen molar-refractivity contribution in [2.24, 2.45) is 5.92 Å². The maximum absolute atomic E-state index is 12.5. The molecule has 7 heteroatoms. The highest BCUT2D eigenvalue weighted by atomic mass is 19.3. The third-order valence-electron chi connectivity index (χ3n) is 2.11. The van der Waals surface area contributed by atoms with Crippen LogP contribution in [-0.2, 0) is 14.3 Å². The van der Waals surface area contributed by atoms with Gasteiger partial charge in [-0.05, 0) is 0 Å². The lowest BCUT2D eigenvalue weighted by molar-refractivity contribution is -0.146. The Bertz CT molecular complexity index is 276. The van der Waals surface area contributed by atoms with E-state index in [1.54, 1.807) is 0 Å². The number of halogens is 2. The Morgan fingerprint density at radius 2 is 2.07 bits per heavy atom. The number of alkyl halides is 2. The predicted molar refractivity (Wildman–Crippen MR) is 44.5 cm³/mol. The highest BCUT2D eigenvalue weighted by molar-refractivity contribution is 5.84. The zero-order valence-electron chi connectivity index (χ0n) is 8.00. The van der Waals surface area contributed by atoms with Crippen molar-refractivity contribution in [3.05, 3.63) is 0 Å². The van der Waals surface area contributed by atoms with Gasteiger partial charge in [-0.2, -0.15) is 8.78 Å². The van der Waals surface area contributed by atoms with Crippen LogP contribution in [0.15, 0.2) is 0 Å². The number of amides is 1. The average Bonchev–Trinajstić information content (AvgIpc) is 2.50. The molecular weight excluding hydrogens is 212 g/mol. The number of hydrogen-bond donors (Lipinski definition) is 2. The summed E-state index contributed by atoms with van der Waals surface area (Å²) in [4.78, 5) is 21.5. The summed E-state index contributed by atoms with van der Waals surface area (Å²) in [5.41, 5.74) is 0. The van der Waals surface area contributed by atoms with Crippen LogP contribution in [0.2, 0.25) is 0 Å². The van der Waals surface area contributed by atoms with Crippen LogP contribution in [0.1, 0.15) is 6.92 Å². The molecule has 0 bridgehead atoms. The first-order chi connectivity index (χ1) is 6.82. The van der Waals surface area contributed by atoms with Crippen LogP contribution in [-0.4, -0.2) is 42.2 Å². The van der Waals surface area contributed by atoms with E-state index in [2.05, 4.69) is 0 Å². The molecular formula is C8H11F2NO4. The minimum absolute atomic E-state index is 0.0568. The van der Waals surface area contributed by atoms with Crippen LogP contribution in [0, 0.1) is 5.92 Å². The SMILES string of the molecule is CC(F)(F)C(=O)NC1COCC1C(=O)O. The molecule has 0 aromatic rings. The van der Waals surface area contributed by atoms with Gasteiger partial charge in [0, 0.05) is 6.92 Å². The maximum atomic E-state index is 12.5. The van der Waals surface area contributed by atoms with E-state index in [0.717, 1.165) is 0 Å². The molecule has 1 heterocycles. The number of carbonyl (C=O) groups excluding carboxylic acids is 1. The fraction of sp³-hybridized carbons (Fsp3) is 0.750. The second-order valence-electron chi connectivity index (χ2n) is 3.45. The molecule has 1 saturated heterocycles. The maximum Gasteiger partial charge on any atom is 0.321 e. The van der Waals surface area contributed by atoms with Crippen LogP contribution in [0.3, 0.4) is 0 Å². The molecule has 1 rings (SSSR count). The first kappa shape index (κ1) is 11.8. The third kappa shape index (κ3) is 2.85. The molecule has 2 N–H and O–H groups in total. The molecule has 0 aromatic heterocycles. The van der Waals surface area contributed by atoms with E-state index < -0.39 is 29.8 Å². The van der Waals surface area contributed by atoms with Crippen molar-refractivity contribution in [1.82, 2.24) is 5.32 Å². The van der Waals surface area contributed by atoms with Crippen molar-refractivity contribution in [3.63, 3.8) is 0 Å². The average molecular weight is 223 g/mol. The van der Waals surface area contributed by atoms with Gasteiger partial charge in [0.25, 0.3) is 5.91 Å². The number of aliphatic carboxylic acids is 1. The van der Waals surface area contributed by atoms with Crippen molar-refractivity contribution in [3.8, 4) is 0 Å². The lowest BCUT2D eigenvalue weighted by Crippen LogP contribution is -2.48. The number of hydrogen-bond acceptors (Lipinski definition) is 3. The summed E-state index contributed by atoms with van der Waals surface area (Å²) < 4.78 is 29.8. The Morgan fingerprint density at radius 1 is 1.47 bits per heavy atom. The van der Waals surface area contributed by atoms with Gasteiger partial charge in [0.15, 0.2) is 0 Å². The van der Waals surface area contributed by atoms with Crippen molar-refractivity contribution < 1.29 is 28.2 Å². The molecule has 1 fully saturated rings. The monoisotopic (exact) mass is 223 g/mol. The molecule has 15 heavy (non-hydrogen) atoms. The largest absolute Gasteiger partial charge is 0.481 e. The van der Waals surface area contributed by atoms with Crippen LogP contribution >= 0.6 is 0 Å². The minimum atomic E-state index is -3.51. The molecule has 0 spiro atoms. The lowest BCUT2D eigenvalue weighted by atomic mass is 10.0. The van der Waals surface area contributed by atoms with E-state index >= 15 is 0 Å². The third-order valence-corrected chi connectivity index (χ3v) is 2.11. The molecule has 1 aliphatic rings. The minimum Gasteiger partial charge on any atom is -0.481 e. The van der Waals surface area contributed by atoms with Crippen molar-refractivity contribution in [2.75, 3.05) is 13.2 Å². The number of carboxylic acid groups (broad SMARTS) is 1. The zero-order chi connectivity index (χ0) is 11.6. The molecule has 5 nitrogen and oxygen atoms in total. The summed E-state index contributed by atoms with van der Waals surface area (Å²) in [6.07, 6.45) is 0. The lowest BCUT2D eigenvalue weighted by Gasteiger charge is -2.18. The number of ether oxygens (including phenoxy) is 1. The summed E-state index contributed by atoms with van der Waals surface area (Å²) in [5.74, 6) is -7.12. The van der Waals surface area contributed by atoms with Crippen LogP contribution in [0.5, 0.6) is 0 Å². The van der Waals surface area contributed by atoms with Gasteiger partial charge in [0.1, 0.15) is 5.92 Å². The summed E-state index contributed by atoms with van der Waals surface area (Å²) in [5, 5.41) is 10.6. The topological polar surface area (TPSA) is 75.6 Å². The van der Waals surface area contributed by atoms with Gasteiger partial charge in [0.2, 0.25) is 0 Å². The molecule has 2 unspecified atom stereocenters. The molecule has 0 radical (unpaired) electrons. The molecule has 1 aliphatic heterocycles. The van der Waals surface area contributed by atoms with E-state index in [-0.39, 0.29) is 13.2 Å². The van der Waals surface area contributed by atoms with Crippen LogP contribution < -0.4 is 5.32 Å². The molecule has 0 aliphatic carbocycles. The van der Waals surface area contributed by atoms with Crippen molar-refractivity contribution >= 4 is 11.9 Å². The van der Waals surface area contributed by atoms with E-state index in [4.69, 9.17) is 9.84 Å². The first-order valence-corrected chi connectivity index (χ1v) is 4.31. The number of carbonyl (C=O) groups is 2. The van der Waals surface area contributed by atoms with E-state index in [0.29, 0.717) is 6.92 Å². The van der Waals surface area contributed by atoms with Crippen LogP contribution in [0.25, 0.3) is 0 Å². The van der Waals surface area contributed by atoms with Gasteiger partial charge in [-0.3, -0.25) is 9.59 Å². The van der Waals surface area contributed by atoms with E-state index in [9.17, 15) is 18.4 Å². The smallest absolute Gasteiger partial charge is 0.321 e. The second-order valence-corrected chi connectivity index (χ2v) is 3.45. The Morgan fingerprint density at radius 3 is 2.53 bits per heavy atom.